The van der Waals surface area contributed by atoms with Gasteiger partial charge in [-0.2, -0.15) is 26.3 Å². The van der Waals surface area contributed by atoms with Crippen LogP contribution in [0.3, 0.4) is 0 Å². The summed E-state index contributed by atoms with van der Waals surface area (Å²) in [6.07, 6.45) is -7.89. The van der Waals surface area contributed by atoms with Gasteiger partial charge in [-0.1, -0.05) is 18.2 Å². The first-order chi connectivity index (χ1) is 17.6. The number of para-hydroxylation sites is 1. The minimum Gasteiger partial charge on any atom is -0.354 e. The smallest absolute Gasteiger partial charge is 0.354 e. The highest BCUT2D eigenvalue weighted by Gasteiger charge is 2.38. The number of halogens is 6. The monoisotopic (exact) mass is 541 g/mol. The average Bonchev–Trinajstić information content (AvgIpc) is 3.14. The summed E-state index contributed by atoms with van der Waals surface area (Å²) in [6.45, 7) is 3.57. The van der Waals surface area contributed by atoms with Crippen LogP contribution in [0.1, 0.15) is 53.7 Å². The van der Waals surface area contributed by atoms with E-state index < -0.39 is 41.0 Å². The molecule has 1 atom stereocenters. The highest BCUT2D eigenvalue weighted by atomic mass is 19.4. The molecular weight excluding hydrogens is 512 g/mol. The summed E-state index contributed by atoms with van der Waals surface area (Å²) < 4.78 is 82.1. The van der Waals surface area contributed by atoms with Crippen LogP contribution in [0.4, 0.5) is 26.3 Å². The molecule has 3 rings (SSSR count). The van der Waals surface area contributed by atoms with Gasteiger partial charge in [0.05, 0.1) is 11.1 Å². The highest BCUT2D eigenvalue weighted by molar-refractivity contribution is 5.95. The maximum atomic E-state index is 13.4. The molecule has 0 radical (unpaired) electrons. The fraction of sp³-hybridized carbons (Fsp3) is 0.407. The van der Waals surface area contributed by atoms with Gasteiger partial charge in [0.1, 0.15) is 0 Å². The normalized spacial score (nSPS) is 13.1. The number of benzene rings is 2. The Balaban J connectivity index is 1.99. The van der Waals surface area contributed by atoms with Crippen molar-refractivity contribution in [1.82, 2.24) is 14.8 Å². The van der Waals surface area contributed by atoms with Gasteiger partial charge < -0.3 is 14.8 Å². The second kappa shape index (κ2) is 11.1. The SMILES string of the molecule is CC(C)NC(=O)CCC(Cc1cn(C)c2ccccc12)N(C)C(=O)c1cc(C(F)(F)F)cc(C(F)(F)F)c1. The summed E-state index contributed by atoms with van der Waals surface area (Å²) in [5.41, 5.74) is -2.11. The fourth-order valence-electron chi connectivity index (χ4n) is 4.41. The standard InChI is InChI=1S/C27H29F6N3O2/c1-16(2)34-24(37)10-9-21(13-18-15-35(3)23-8-6-5-7-22(18)23)36(4)25(38)17-11-19(26(28,29)30)14-20(12-17)27(31,32)33/h5-8,11-12,14-16,21H,9-10,13H2,1-4H3,(H,34,37). The first kappa shape index (κ1) is 29.1. The summed E-state index contributed by atoms with van der Waals surface area (Å²) in [5.74, 6) is -1.28. The number of rotatable bonds is 8. The van der Waals surface area contributed by atoms with Crippen molar-refractivity contribution in [2.75, 3.05) is 7.05 Å². The number of aromatic nitrogens is 1. The Hall–Kier alpha value is -3.50. The van der Waals surface area contributed by atoms with Crippen molar-refractivity contribution in [3.63, 3.8) is 0 Å². The third-order valence-electron chi connectivity index (χ3n) is 6.29. The number of alkyl halides is 6. The number of carbonyl (C=O) groups is 2. The predicted octanol–water partition coefficient (Wildman–Crippen LogP) is 6.20. The number of carbonyl (C=O) groups excluding carboxylic acids is 2. The van der Waals surface area contributed by atoms with E-state index in [1.165, 1.54) is 7.05 Å². The van der Waals surface area contributed by atoms with E-state index in [1.54, 1.807) is 13.8 Å². The molecule has 0 saturated carbocycles. The zero-order chi connectivity index (χ0) is 28.4. The molecule has 0 saturated heterocycles. The third-order valence-corrected chi connectivity index (χ3v) is 6.29. The van der Waals surface area contributed by atoms with Crippen molar-refractivity contribution >= 4 is 22.7 Å². The number of nitrogens with one attached hydrogen (secondary N) is 1. The molecule has 0 fully saturated rings. The molecule has 11 heteroatoms. The summed E-state index contributed by atoms with van der Waals surface area (Å²) in [7, 11) is 3.17. The number of aryl methyl sites for hydroxylation is 1. The molecule has 0 aliphatic carbocycles. The van der Waals surface area contributed by atoms with E-state index in [9.17, 15) is 35.9 Å². The molecule has 1 aromatic heterocycles. The van der Waals surface area contributed by atoms with Crippen LogP contribution >= 0.6 is 0 Å². The van der Waals surface area contributed by atoms with E-state index in [0.717, 1.165) is 21.4 Å². The molecule has 1 N–H and O–H groups in total. The molecule has 206 valence electrons. The molecule has 5 nitrogen and oxygen atoms in total. The van der Waals surface area contributed by atoms with Crippen molar-refractivity contribution in [3.8, 4) is 0 Å². The molecule has 3 aromatic rings. The van der Waals surface area contributed by atoms with Crippen LogP contribution in [-0.2, 0) is 30.6 Å². The lowest BCUT2D eigenvalue weighted by molar-refractivity contribution is -0.143. The predicted molar refractivity (Wildman–Crippen MR) is 131 cm³/mol. The van der Waals surface area contributed by atoms with Gasteiger partial charge >= 0.3 is 12.4 Å². The van der Waals surface area contributed by atoms with Crippen LogP contribution in [0.5, 0.6) is 0 Å². The molecular formula is C27H29F6N3O2. The lowest BCUT2D eigenvalue weighted by Gasteiger charge is -2.29. The van der Waals surface area contributed by atoms with Crippen LogP contribution in [0.15, 0.2) is 48.7 Å². The van der Waals surface area contributed by atoms with Crippen LogP contribution in [-0.4, -0.2) is 40.4 Å². The Labute approximate surface area is 216 Å². The second-order valence-electron chi connectivity index (χ2n) is 9.61. The maximum Gasteiger partial charge on any atom is 0.416 e. The average molecular weight is 542 g/mol. The van der Waals surface area contributed by atoms with E-state index in [1.807, 2.05) is 42.1 Å². The second-order valence-corrected chi connectivity index (χ2v) is 9.61. The Morgan fingerprint density at radius 1 is 0.974 bits per heavy atom. The minimum atomic E-state index is -5.08. The molecule has 0 bridgehead atoms. The minimum absolute atomic E-state index is 0.0133. The molecule has 0 aliphatic rings. The molecule has 2 amide bonds. The van der Waals surface area contributed by atoms with Crippen LogP contribution in [0, 0.1) is 0 Å². The van der Waals surface area contributed by atoms with E-state index in [2.05, 4.69) is 5.32 Å². The first-order valence-corrected chi connectivity index (χ1v) is 12.0. The number of fused-ring (bicyclic) bond motifs is 1. The van der Waals surface area contributed by atoms with E-state index in [0.29, 0.717) is 12.1 Å². The molecule has 2 aromatic carbocycles. The van der Waals surface area contributed by atoms with Crippen LogP contribution in [0.25, 0.3) is 10.9 Å². The van der Waals surface area contributed by atoms with Gasteiger partial charge in [0.15, 0.2) is 0 Å². The maximum absolute atomic E-state index is 13.4. The van der Waals surface area contributed by atoms with Crippen molar-refractivity contribution < 1.29 is 35.9 Å². The van der Waals surface area contributed by atoms with Crippen molar-refractivity contribution in [2.45, 2.75) is 57.5 Å². The number of hydrogen-bond donors (Lipinski definition) is 1. The van der Waals surface area contributed by atoms with Gasteiger partial charge in [0, 0.05) is 55.3 Å². The number of nitrogens with zero attached hydrogens (tertiary/aromatic N) is 2. The van der Waals surface area contributed by atoms with E-state index in [-0.39, 0.29) is 37.3 Å². The summed E-state index contributed by atoms with van der Waals surface area (Å²) >= 11 is 0. The van der Waals surface area contributed by atoms with E-state index >= 15 is 0 Å². The Morgan fingerprint density at radius 2 is 1.55 bits per heavy atom. The molecule has 38 heavy (non-hydrogen) atoms. The zero-order valence-corrected chi connectivity index (χ0v) is 21.4. The van der Waals surface area contributed by atoms with E-state index in [4.69, 9.17) is 0 Å². The van der Waals surface area contributed by atoms with Crippen molar-refractivity contribution in [1.29, 1.82) is 0 Å². The zero-order valence-electron chi connectivity index (χ0n) is 21.4. The Kier molecular flexibility index (Phi) is 8.48. The third kappa shape index (κ3) is 6.87. The number of amides is 2. The van der Waals surface area contributed by atoms with Gasteiger partial charge in [-0.3, -0.25) is 9.59 Å². The summed E-state index contributed by atoms with van der Waals surface area (Å²) in [6, 6.07) is 7.52. The summed E-state index contributed by atoms with van der Waals surface area (Å²) in [4.78, 5) is 26.8. The molecule has 0 spiro atoms. The van der Waals surface area contributed by atoms with Gasteiger partial charge in [0.25, 0.3) is 5.91 Å². The van der Waals surface area contributed by atoms with Crippen LogP contribution in [0.2, 0.25) is 0 Å². The first-order valence-electron chi connectivity index (χ1n) is 12.0. The quantitative estimate of drug-likeness (QED) is 0.345. The largest absolute Gasteiger partial charge is 0.416 e. The van der Waals surface area contributed by atoms with Gasteiger partial charge in [-0.15, -0.1) is 0 Å². The Morgan fingerprint density at radius 3 is 2.11 bits per heavy atom. The highest BCUT2D eigenvalue weighted by Crippen LogP contribution is 2.37. The van der Waals surface area contributed by atoms with Crippen LogP contribution < -0.4 is 5.32 Å². The molecule has 1 unspecified atom stereocenters. The van der Waals surface area contributed by atoms with Crippen molar-refractivity contribution in [2.24, 2.45) is 7.05 Å². The lowest BCUT2D eigenvalue weighted by atomic mass is 9.98. The molecule has 0 aliphatic heterocycles. The Bertz CT molecular complexity index is 1280. The lowest BCUT2D eigenvalue weighted by Crippen LogP contribution is -2.40. The molecule has 1 heterocycles. The fourth-order valence-corrected chi connectivity index (χ4v) is 4.41. The van der Waals surface area contributed by atoms with Crippen molar-refractivity contribution in [3.05, 3.63) is 70.9 Å². The topological polar surface area (TPSA) is 54.3 Å². The van der Waals surface area contributed by atoms with Gasteiger partial charge in [-0.05, 0) is 56.5 Å². The summed E-state index contributed by atoms with van der Waals surface area (Å²) in [5, 5.41) is 3.64. The van der Waals surface area contributed by atoms with Gasteiger partial charge in [0.2, 0.25) is 5.91 Å². The van der Waals surface area contributed by atoms with Gasteiger partial charge in [-0.25, -0.2) is 0 Å². The number of likely N-dealkylation sites (N-methyl/N-ethyl adjacent to an activating group) is 1. The number of hydrogen-bond acceptors (Lipinski definition) is 2.